The van der Waals surface area contributed by atoms with Crippen LogP contribution < -0.4 is 5.32 Å². The van der Waals surface area contributed by atoms with Gasteiger partial charge in [0.05, 0.1) is 0 Å². The van der Waals surface area contributed by atoms with Crippen LogP contribution in [0.15, 0.2) is 28.7 Å². The lowest BCUT2D eigenvalue weighted by Gasteiger charge is -2.23. The SMILES string of the molecule is CC1CCCC1N[C@@H](C)c1cccc(Br)c1. The van der Waals surface area contributed by atoms with Crippen LogP contribution in [-0.2, 0) is 0 Å². The van der Waals surface area contributed by atoms with Crippen LogP contribution >= 0.6 is 15.9 Å². The fourth-order valence-electron chi connectivity index (χ4n) is 2.59. The van der Waals surface area contributed by atoms with Crippen LogP contribution in [0.3, 0.4) is 0 Å². The number of benzene rings is 1. The third-order valence-corrected chi connectivity index (χ3v) is 4.17. The molecule has 1 nitrogen and oxygen atoms in total. The van der Waals surface area contributed by atoms with Crippen molar-refractivity contribution in [1.82, 2.24) is 5.32 Å². The molecule has 1 aliphatic carbocycles. The Kier molecular flexibility index (Phi) is 4.04. The Balaban J connectivity index is 1.99. The molecule has 16 heavy (non-hydrogen) atoms. The van der Waals surface area contributed by atoms with Crippen LogP contribution in [0.1, 0.15) is 44.7 Å². The summed E-state index contributed by atoms with van der Waals surface area (Å²) in [6.45, 7) is 4.62. The van der Waals surface area contributed by atoms with E-state index in [2.05, 4.69) is 59.4 Å². The van der Waals surface area contributed by atoms with Crippen LogP contribution in [0.5, 0.6) is 0 Å². The van der Waals surface area contributed by atoms with Gasteiger partial charge in [-0.2, -0.15) is 0 Å². The molecular formula is C14H20BrN. The zero-order valence-corrected chi connectivity index (χ0v) is 11.6. The van der Waals surface area contributed by atoms with Gasteiger partial charge in [0.2, 0.25) is 0 Å². The molecule has 3 atom stereocenters. The van der Waals surface area contributed by atoms with E-state index in [4.69, 9.17) is 0 Å². The summed E-state index contributed by atoms with van der Waals surface area (Å²) in [5.74, 6) is 0.828. The van der Waals surface area contributed by atoms with Gasteiger partial charge in [-0.05, 0) is 43.4 Å². The van der Waals surface area contributed by atoms with Gasteiger partial charge >= 0.3 is 0 Å². The molecule has 0 bridgehead atoms. The van der Waals surface area contributed by atoms with E-state index in [1.54, 1.807) is 0 Å². The van der Waals surface area contributed by atoms with Gasteiger partial charge in [0.25, 0.3) is 0 Å². The van der Waals surface area contributed by atoms with Crippen molar-refractivity contribution in [2.45, 2.75) is 45.2 Å². The van der Waals surface area contributed by atoms with E-state index in [1.165, 1.54) is 24.8 Å². The van der Waals surface area contributed by atoms with Crippen molar-refractivity contribution in [2.24, 2.45) is 5.92 Å². The maximum atomic E-state index is 3.75. The van der Waals surface area contributed by atoms with Gasteiger partial charge in [0.1, 0.15) is 0 Å². The molecule has 1 fully saturated rings. The van der Waals surface area contributed by atoms with Gasteiger partial charge in [-0.1, -0.05) is 41.4 Å². The van der Waals surface area contributed by atoms with Gasteiger partial charge < -0.3 is 5.32 Å². The van der Waals surface area contributed by atoms with Gasteiger partial charge in [0, 0.05) is 16.6 Å². The number of nitrogens with one attached hydrogen (secondary N) is 1. The third kappa shape index (κ3) is 2.86. The van der Waals surface area contributed by atoms with Crippen LogP contribution in [0.25, 0.3) is 0 Å². The first kappa shape index (κ1) is 12.1. The molecule has 1 N–H and O–H groups in total. The Bertz CT molecular complexity index is 350. The molecule has 2 unspecified atom stereocenters. The molecule has 1 aromatic rings. The van der Waals surface area contributed by atoms with Crippen molar-refractivity contribution >= 4 is 15.9 Å². The zero-order valence-electron chi connectivity index (χ0n) is 10.0. The predicted octanol–water partition coefficient (Wildman–Crippen LogP) is 4.29. The molecule has 1 aliphatic rings. The van der Waals surface area contributed by atoms with Crippen LogP contribution in [-0.4, -0.2) is 6.04 Å². The van der Waals surface area contributed by atoms with Gasteiger partial charge in [-0.3, -0.25) is 0 Å². The Labute approximate surface area is 107 Å². The van der Waals surface area contributed by atoms with Crippen LogP contribution in [0.2, 0.25) is 0 Å². The van der Waals surface area contributed by atoms with Crippen molar-refractivity contribution in [1.29, 1.82) is 0 Å². The molecule has 0 heterocycles. The maximum Gasteiger partial charge on any atom is 0.0294 e. The molecule has 0 aliphatic heterocycles. The van der Waals surface area contributed by atoms with E-state index >= 15 is 0 Å². The minimum absolute atomic E-state index is 0.447. The van der Waals surface area contributed by atoms with Crippen molar-refractivity contribution in [2.75, 3.05) is 0 Å². The Hall–Kier alpha value is -0.340. The lowest BCUT2D eigenvalue weighted by molar-refractivity contribution is 0.388. The molecule has 2 rings (SSSR count). The second-order valence-electron chi connectivity index (χ2n) is 4.96. The lowest BCUT2D eigenvalue weighted by Crippen LogP contribution is -2.33. The lowest BCUT2D eigenvalue weighted by atomic mass is 10.0. The van der Waals surface area contributed by atoms with Crippen molar-refractivity contribution < 1.29 is 0 Å². The molecule has 0 radical (unpaired) electrons. The van der Waals surface area contributed by atoms with Crippen molar-refractivity contribution in [3.05, 3.63) is 34.3 Å². The van der Waals surface area contributed by atoms with Crippen LogP contribution in [0.4, 0.5) is 0 Å². The highest BCUT2D eigenvalue weighted by atomic mass is 79.9. The van der Waals surface area contributed by atoms with Crippen molar-refractivity contribution in [3.8, 4) is 0 Å². The molecule has 0 aromatic heterocycles. The number of hydrogen-bond donors (Lipinski definition) is 1. The first-order valence-electron chi connectivity index (χ1n) is 6.18. The van der Waals surface area contributed by atoms with E-state index in [0.717, 1.165) is 10.4 Å². The topological polar surface area (TPSA) is 12.0 Å². The first-order chi connectivity index (χ1) is 7.66. The monoisotopic (exact) mass is 281 g/mol. The molecular weight excluding hydrogens is 262 g/mol. The first-order valence-corrected chi connectivity index (χ1v) is 6.97. The molecule has 0 saturated heterocycles. The predicted molar refractivity (Wildman–Crippen MR) is 72.5 cm³/mol. The highest BCUT2D eigenvalue weighted by molar-refractivity contribution is 9.10. The van der Waals surface area contributed by atoms with Crippen molar-refractivity contribution in [3.63, 3.8) is 0 Å². The molecule has 2 heteroatoms. The summed E-state index contributed by atoms with van der Waals surface area (Å²) in [7, 11) is 0. The van der Waals surface area contributed by atoms with Gasteiger partial charge in [-0.25, -0.2) is 0 Å². The quantitative estimate of drug-likeness (QED) is 0.872. The summed E-state index contributed by atoms with van der Waals surface area (Å²) in [6.07, 6.45) is 4.09. The Morgan fingerprint density at radius 3 is 2.81 bits per heavy atom. The highest BCUT2D eigenvalue weighted by Gasteiger charge is 2.24. The largest absolute Gasteiger partial charge is 0.307 e. The molecule has 1 aromatic carbocycles. The minimum atomic E-state index is 0.447. The number of rotatable bonds is 3. The molecule has 0 amide bonds. The molecule has 88 valence electrons. The second kappa shape index (κ2) is 5.33. The van der Waals surface area contributed by atoms with E-state index in [-0.39, 0.29) is 0 Å². The smallest absolute Gasteiger partial charge is 0.0294 e. The Morgan fingerprint density at radius 1 is 1.38 bits per heavy atom. The number of hydrogen-bond acceptors (Lipinski definition) is 1. The van der Waals surface area contributed by atoms with E-state index in [9.17, 15) is 0 Å². The highest BCUT2D eigenvalue weighted by Crippen LogP contribution is 2.27. The number of halogens is 1. The normalized spacial score (nSPS) is 26.9. The summed E-state index contributed by atoms with van der Waals surface area (Å²) in [5.41, 5.74) is 1.37. The summed E-state index contributed by atoms with van der Waals surface area (Å²) in [6, 6.07) is 9.74. The van der Waals surface area contributed by atoms with E-state index < -0.39 is 0 Å². The van der Waals surface area contributed by atoms with Gasteiger partial charge in [0.15, 0.2) is 0 Å². The Morgan fingerprint density at radius 2 is 2.19 bits per heavy atom. The molecule has 1 saturated carbocycles. The van der Waals surface area contributed by atoms with E-state index in [0.29, 0.717) is 12.1 Å². The molecule has 0 spiro atoms. The fourth-order valence-corrected chi connectivity index (χ4v) is 3.00. The summed E-state index contributed by atoms with van der Waals surface area (Å²) < 4.78 is 1.16. The standard InChI is InChI=1S/C14H20BrN/c1-10-5-3-8-14(10)16-11(2)12-6-4-7-13(15)9-12/h4,6-7,9-11,14,16H,3,5,8H2,1-2H3/t10?,11-,14?/m0/s1. The average molecular weight is 282 g/mol. The fraction of sp³-hybridized carbons (Fsp3) is 0.571. The summed E-state index contributed by atoms with van der Waals surface area (Å²) in [4.78, 5) is 0. The third-order valence-electron chi connectivity index (χ3n) is 3.67. The maximum absolute atomic E-state index is 3.75. The second-order valence-corrected chi connectivity index (χ2v) is 5.87. The summed E-state index contributed by atoms with van der Waals surface area (Å²) in [5, 5.41) is 3.75. The summed E-state index contributed by atoms with van der Waals surface area (Å²) >= 11 is 3.53. The van der Waals surface area contributed by atoms with Gasteiger partial charge in [-0.15, -0.1) is 0 Å². The minimum Gasteiger partial charge on any atom is -0.307 e. The average Bonchev–Trinajstić information content (AvgIpc) is 2.64. The van der Waals surface area contributed by atoms with E-state index in [1.807, 2.05) is 0 Å². The van der Waals surface area contributed by atoms with Crippen LogP contribution in [0, 0.1) is 5.92 Å². The zero-order chi connectivity index (χ0) is 11.5.